The van der Waals surface area contributed by atoms with E-state index in [1.165, 1.54) is 12.1 Å². The van der Waals surface area contributed by atoms with E-state index in [-0.39, 0.29) is 16.6 Å². The molecule has 3 aromatic rings. The van der Waals surface area contributed by atoms with Crippen LogP contribution in [0.1, 0.15) is 42.7 Å². The second-order valence-corrected chi connectivity index (χ2v) is 9.25. The number of aromatic amines is 1. The number of hydrogen-bond donors (Lipinski definition) is 2. The van der Waals surface area contributed by atoms with E-state index in [9.17, 15) is 31.4 Å². The van der Waals surface area contributed by atoms with Crippen LogP contribution in [0.5, 0.6) is 5.75 Å². The average Bonchev–Trinajstić information content (AvgIpc) is 3.30. The molecule has 0 spiro atoms. The Labute approximate surface area is 186 Å². The Morgan fingerprint density at radius 1 is 1.00 bits per heavy atom. The molecule has 1 aliphatic rings. The normalized spacial score (nSPS) is 16.5. The molecule has 1 aromatic heterocycles. The summed E-state index contributed by atoms with van der Waals surface area (Å²) in [6, 6.07) is 9.43. The molecule has 1 unspecified atom stereocenters. The van der Waals surface area contributed by atoms with Crippen LogP contribution in [0.25, 0.3) is 10.9 Å². The van der Waals surface area contributed by atoms with Gasteiger partial charge in [0.1, 0.15) is 5.75 Å². The van der Waals surface area contributed by atoms with E-state index in [0.29, 0.717) is 24.3 Å². The second kappa shape index (κ2) is 7.68. The molecule has 1 atom stereocenters. The number of hydrogen-bond acceptors (Lipinski definition) is 2. The minimum absolute atomic E-state index is 0.00510. The van der Waals surface area contributed by atoms with Crippen LogP contribution < -0.4 is 4.74 Å². The van der Waals surface area contributed by atoms with Gasteiger partial charge in [-0.1, -0.05) is 32.0 Å². The van der Waals surface area contributed by atoms with Gasteiger partial charge >= 0.3 is 12.4 Å². The number of rotatable bonds is 5. The molecule has 0 fully saturated rings. The van der Waals surface area contributed by atoms with Crippen LogP contribution in [0.2, 0.25) is 0 Å². The number of halogens is 6. The fraction of sp³-hybridized carbons (Fsp3) is 0.417. The molecular weight excluding hydrogens is 448 g/mol. The minimum Gasteiger partial charge on any atom is -0.493 e. The number of H-pyrrole nitrogens is 1. The molecule has 0 amide bonds. The van der Waals surface area contributed by atoms with Gasteiger partial charge in [-0.2, -0.15) is 26.3 Å². The van der Waals surface area contributed by atoms with E-state index in [1.54, 1.807) is 26.0 Å². The molecule has 0 radical (unpaired) electrons. The Morgan fingerprint density at radius 2 is 1.73 bits per heavy atom. The van der Waals surface area contributed by atoms with Crippen LogP contribution >= 0.6 is 0 Å². The summed E-state index contributed by atoms with van der Waals surface area (Å²) < 4.78 is 87.0. The summed E-state index contributed by atoms with van der Waals surface area (Å²) in [4.78, 5) is 2.72. The number of aliphatic hydroxyl groups is 1. The monoisotopic (exact) mass is 471 g/mol. The Balaban J connectivity index is 1.68. The molecule has 0 aliphatic carbocycles. The number of para-hydroxylation sites is 1. The largest absolute Gasteiger partial charge is 0.493 e. The van der Waals surface area contributed by atoms with E-state index in [4.69, 9.17) is 4.74 Å². The van der Waals surface area contributed by atoms with Crippen molar-refractivity contribution in [3.8, 4) is 5.75 Å². The van der Waals surface area contributed by atoms with Gasteiger partial charge in [-0.25, -0.2) is 0 Å². The van der Waals surface area contributed by atoms with Crippen molar-refractivity contribution >= 4 is 10.9 Å². The van der Waals surface area contributed by atoms with E-state index < -0.39 is 41.8 Å². The summed E-state index contributed by atoms with van der Waals surface area (Å²) in [7, 11) is 0. The first-order valence-electron chi connectivity index (χ1n) is 10.4. The number of ether oxygens (including phenoxy) is 1. The highest BCUT2D eigenvalue weighted by Crippen LogP contribution is 2.46. The number of nitrogens with one attached hydrogen (secondary N) is 1. The van der Waals surface area contributed by atoms with Crippen LogP contribution in [-0.4, -0.2) is 28.5 Å². The maximum absolute atomic E-state index is 14.1. The zero-order valence-corrected chi connectivity index (χ0v) is 18.0. The number of fused-ring (bicyclic) bond motifs is 2. The van der Waals surface area contributed by atoms with Crippen molar-refractivity contribution in [1.82, 2.24) is 4.98 Å². The van der Waals surface area contributed by atoms with Gasteiger partial charge in [0.05, 0.1) is 12.2 Å². The van der Waals surface area contributed by atoms with Crippen LogP contribution in [0, 0.1) is 0 Å². The Morgan fingerprint density at radius 3 is 2.39 bits per heavy atom. The predicted molar refractivity (Wildman–Crippen MR) is 111 cm³/mol. The van der Waals surface area contributed by atoms with E-state index in [1.807, 2.05) is 6.07 Å². The predicted octanol–water partition coefficient (Wildman–Crippen LogP) is 6.33. The Hall–Kier alpha value is -2.68. The van der Waals surface area contributed by atoms with Crippen LogP contribution in [0.4, 0.5) is 26.3 Å². The van der Waals surface area contributed by atoms with Gasteiger partial charge in [0.2, 0.25) is 0 Å². The van der Waals surface area contributed by atoms with Crippen LogP contribution in [0.3, 0.4) is 0 Å². The van der Waals surface area contributed by atoms with E-state index >= 15 is 0 Å². The van der Waals surface area contributed by atoms with Crippen molar-refractivity contribution in [3.05, 3.63) is 64.8 Å². The average molecular weight is 471 g/mol. The highest BCUT2D eigenvalue weighted by molar-refractivity contribution is 5.81. The van der Waals surface area contributed by atoms with Gasteiger partial charge in [-0.15, -0.1) is 0 Å². The molecule has 1 aliphatic heterocycles. The highest BCUT2D eigenvalue weighted by Gasteiger charge is 2.56. The van der Waals surface area contributed by atoms with Crippen molar-refractivity contribution in [2.45, 2.75) is 56.5 Å². The van der Waals surface area contributed by atoms with Gasteiger partial charge in [-0.3, -0.25) is 0 Å². The lowest BCUT2D eigenvalue weighted by Crippen LogP contribution is -2.51. The first-order chi connectivity index (χ1) is 15.2. The summed E-state index contributed by atoms with van der Waals surface area (Å²) >= 11 is 0. The van der Waals surface area contributed by atoms with Crippen LogP contribution in [-0.2, 0) is 24.4 Å². The van der Waals surface area contributed by atoms with Gasteiger partial charge in [-0.05, 0) is 41.7 Å². The fourth-order valence-corrected chi connectivity index (χ4v) is 4.62. The van der Waals surface area contributed by atoms with Crippen molar-refractivity contribution in [2.24, 2.45) is 0 Å². The maximum atomic E-state index is 14.1. The summed E-state index contributed by atoms with van der Waals surface area (Å²) in [5, 5.41) is 11.0. The lowest BCUT2D eigenvalue weighted by molar-refractivity contribution is -0.266. The molecule has 3 nitrogen and oxygen atoms in total. The molecule has 9 heteroatoms. The van der Waals surface area contributed by atoms with Gasteiger partial charge in [0.25, 0.3) is 0 Å². The molecule has 0 saturated carbocycles. The van der Waals surface area contributed by atoms with Crippen molar-refractivity contribution in [1.29, 1.82) is 0 Å². The molecule has 2 N–H and O–H groups in total. The first-order valence-corrected chi connectivity index (χ1v) is 10.4. The van der Waals surface area contributed by atoms with Crippen LogP contribution in [0.15, 0.2) is 42.5 Å². The lowest BCUT2D eigenvalue weighted by atomic mass is 9.73. The summed E-state index contributed by atoms with van der Waals surface area (Å²) in [5.41, 5.74) is -3.38. The summed E-state index contributed by atoms with van der Waals surface area (Å²) in [6.07, 6.45) is -10.4. The smallest absolute Gasteiger partial charge is 0.417 e. The maximum Gasteiger partial charge on any atom is 0.417 e. The summed E-state index contributed by atoms with van der Waals surface area (Å²) in [5.74, 6) is 0.553. The van der Waals surface area contributed by atoms with Crippen molar-refractivity contribution in [3.63, 3.8) is 0 Å². The number of benzene rings is 2. The number of alkyl halides is 6. The standard InChI is InChI=1S/C24H23F6NO2/c1-21(2,18-5-3-4-14-8-9-33-20(14)18)13-22(32,24(28,29)30)12-17-11-15-10-16(23(25,26)27)6-7-19(15)31-17/h3-7,10-11,31-32H,8-9,12-13H2,1-2H3. The zero-order valence-electron chi connectivity index (χ0n) is 18.0. The van der Waals surface area contributed by atoms with Crippen molar-refractivity contribution < 1.29 is 36.2 Å². The third kappa shape index (κ3) is 4.43. The highest BCUT2D eigenvalue weighted by atomic mass is 19.4. The molecule has 0 bridgehead atoms. The third-order valence-electron chi connectivity index (χ3n) is 6.19. The molecule has 0 saturated heterocycles. The molecule has 33 heavy (non-hydrogen) atoms. The van der Waals surface area contributed by atoms with Gasteiger partial charge in [0, 0.05) is 35.0 Å². The fourth-order valence-electron chi connectivity index (χ4n) is 4.62. The van der Waals surface area contributed by atoms with Gasteiger partial charge < -0.3 is 14.8 Å². The minimum atomic E-state index is -4.97. The Kier molecular flexibility index (Phi) is 5.47. The van der Waals surface area contributed by atoms with Gasteiger partial charge in [0.15, 0.2) is 5.60 Å². The van der Waals surface area contributed by atoms with E-state index in [2.05, 4.69) is 4.98 Å². The van der Waals surface area contributed by atoms with E-state index in [0.717, 1.165) is 17.7 Å². The molecule has 178 valence electrons. The lowest BCUT2D eigenvalue weighted by Gasteiger charge is -2.38. The zero-order chi connectivity index (χ0) is 24.2. The molecule has 2 aromatic carbocycles. The number of aromatic nitrogens is 1. The Bertz CT molecular complexity index is 1180. The van der Waals surface area contributed by atoms with Crippen molar-refractivity contribution in [2.75, 3.05) is 6.61 Å². The first kappa shape index (κ1) is 23.5. The summed E-state index contributed by atoms with van der Waals surface area (Å²) in [6.45, 7) is 3.67. The SMILES string of the molecule is CC(C)(CC(O)(Cc1cc2cc(C(F)(F)F)ccc2[nH]1)C(F)(F)F)c1cccc2c1OCC2. The molecule has 2 heterocycles. The third-order valence-corrected chi connectivity index (χ3v) is 6.19. The quantitative estimate of drug-likeness (QED) is 0.428. The molecular formula is C24H23F6NO2. The molecule has 4 rings (SSSR count). The second-order valence-electron chi connectivity index (χ2n) is 9.25. The topological polar surface area (TPSA) is 45.2 Å².